The predicted molar refractivity (Wildman–Crippen MR) is 67.3 cm³/mol. The van der Waals surface area contributed by atoms with E-state index in [1.807, 2.05) is 0 Å². The van der Waals surface area contributed by atoms with E-state index in [1.165, 1.54) is 61.7 Å². The van der Waals surface area contributed by atoms with Crippen molar-refractivity contribution in [3.63, 3.8) is 0 Å². The van der Waals surface area contributed by atoms with Gasteiger partial charge in [-0.3, -0.25) is 0 Å². The minimum Gasteiger partial charge on any atom is -0.303 e. The summed E-state index contributed by atoms with van der Waals surface area (Å²) >= 11 is 2.33. The molecule has 0 radical (unpaired) electrons. The summed E-state index contributed by atoms with van der Waals surface area (Å²) in [6.45, 7) is 7.90. The molecule has 0 aromatic heterocycles. The highest BCUT2D eigenvalue weighted by Crippen LogP contribution is 2.14. The molecule has 0 saturated carbocycles. The third kappa shape index (κ3) is 5.68. The van der Waals surface area contributed by atoms with Crippen LogP contribution in [0.3, 0.4) is 0 Å². The van der Waals surface area contributed by atoms with Crippen LogP contribution in [-0.4, -0.2) is 24.5 Å². The number of unbranched alkanes of at least 4 members (excludes halogenated alkanes) is 1. The normalized spacial score (nSPS) is 18.8. The van der Waals surface area contributed by atoms with E-state index in [9.17, 15) is 0 Å². The molecule has 0 aromatic carbocycles. The van der Waals surface area contributed by atoms with Crippen molar-refractivity contribution in [2.45, 2.75) is 38.5 Å². The number of hydrogen-bond acceptors (Lipinski definition) is 1. The molecule has 0 aromatic rings. The molecule has 1 aliphatic heterocycles. The van der Waals surface area contributed by atoms with Crippen LogP contribution in [0.5, 0.6) is 0 Å². The standard InChI is InChI=1S/C11H20IN/c1-11(12)7-3-6-10-13-8-4-2-5-9-13/h1-10H2. The van der Waals surface area contributed by atoms with Crippen LogP contribution < -0.4 is 0 Å². The van der Waals surface area contributed by atoms with E-state index in [-0.39, 0.29) is 0 Å². The van der Waals surface area contributed by atoms with E-state index in [0.717, 1.165) is 0 Å². The quantitative estimate of drug-likeness (QED) is 0.553. The maximum Gasteiger partial charge on any atom is -0.00186 e. The van der Waals surface area contributed by atoms with Crippen LogP contribution in [-0.2, 0) is 0 Å². The van der Waals surface area contributed by atoms with Gasteiger partial charge in [0.25, 0.3) is 0 Å². The lowest BCUT2D eigenvalue weighted by molar-refractivity contribution is 0.225. The summed E-state index contributed by atoms with van der Waals surface area (Å²) in [5.74, 6) is 0. The van der Waals surface area contributed by atoms with Gasteiger partial charge in [0.2, 0.25) is 0 Å². The molecule has 1 heterocycles. The van der Waals surface area contributed by atoms with Crippen LogP contribution in [0, 0.1) is 0 Å². The molecule has 0 atom stereocenters. The van der Waals surface area contributed by atoms with E-state index in [1.54, 1.807) is 0 Å². The lowest BCUT2D eigenvalue weighted by Gasteiger charge is -2.26. The molecule has 0 aliphatic carbocycles. The van der Waals surface area contributed by atoms with Crippen molar-refractivity contribution in [1.29, 1.82) is 0 Å². The average molecular weight is 293 g/mol. The number of hydrogen-bond donors (Lipinski definition) is 0. The average Bonchev–Trinajstić information content (AvgIpc) is 2.14. The lowest BCUT2D eigenvalue weighted by Crippen LogP contribution is -2.30. The Morgan fingerprint density at radius 1 is 1.15 bits per heavy atom. The van der Waals surface area contributed by atoms with Crippen molar-refractivity contribution in [3.8, 4) is 0 Å². The van der Waals surface area contributed by atoms with Crippen molar-refractivity contribution in [3.05, 3.63) is 10.2 Å². The second kappa shape index (κ2) is 6.82. The molecule has 0 N–H and O–H groups in total. The molecule has 1 aliphatic rings. The zero-order valence-corrected chi connectivity index (χ0v) is 10.6. The van der Waals surface area contributed by atoms with Crippen LogP contribution in [0.4, 0.5) is 0 Å². The minimum atomic E-state index is 1.20. The predicted octanol–water partition coefficient (Wildman–Crippen LogP) is 3.59. The first-order chi connectivity index (χ1) is 6.29. The van der Waals surface area contributed by atoms with Gasteiger partial charge in [-0.1, -0.05) is 13.0 Å². The molecule has 0 spiro atoms. The van der Waals surface area contributed by atoms with Crippen LogP contribution >= 0.6 is 22.6 Å². The van der Waals surface area contributed by atoms with Gasteiger partial charge in [0.05, 0.1) is 0 Å². The van der Waals surface area contributed by atoms with E-state index in [4.69, 9.17) is 0 Å². The SMILES string of the molecule is C=C(I)CCCCN1CCCCC1. The zero-order chi connectivity index (χ0) is 9.52. The van der Waals surface area contributed by atoms with Crippen LogP contribution in [0.2, 0.25) is 0 Å². The number of halogens is 1. The molecule has 0 amide bonds. The Kier molecular flexibility index (Phi) is 6.04. The van der Waals surface area contributed by atoms with Gasteiger partial charge in [-0.25, -0.2) is 0 Å². The Labute approximate surface area is 95.7 Å². The summed E-state index contributed by atoms with van der Waals surface area (Å²) in [4.78, 5) is 2.61. The maximum atomic E-state index is 3.91. The lowest BCUT2D eigenvalue weighted by atomic mass is 10.1. The monoisotopic (exact) mass is 293 g/mol. The molecule has 0 bridgehead atoms. The molecule has 1 nitrogen and oxygen atoms in total. The van der Waals surface area contributed by atoms with Crippen molar-refractivity contribution in [2.75, 3.05) is 19.6 Å². The summed E-state index contributed by atoms with van der Waals surface area (Å²) in [6.07, 6.45) is 8.15. The summed E-state index contributed by atoms with van der Waals surface area (Å²) < 4.78 is 1.30. The first-order valence-corrected chi connectivity index (χ1v) is 6.42. The number of likely N-dealkylation sites (tertiary alicyclic amines) is 1. The molecule has 2 heteroatoms. The molecule has 76 valence electrons. The zero-order valence-electron chi connectivity index (χ0n) is 8.40. The van der Waals surface area contributed by atoms with E-state index >= 15 is 0 Å². The van der Waals surface area contributed by atoms with Crippen LogP contribution in [0.1, 0.15) is 38.5 Å². The van der Waals surface area contributed by atoms with E-state index < -0.39 is 0 Å². The topological polar surface area (TPSA) is 3.24 Å². The van der Waals surface area contributed by atoms with Crippen molar-refractivity contribution in [2.24, 2.45) is 0 Å². The molecule has 1 rings (SSSR count). The summed E-state index contributed by atoms with van der Waals surface area (Å²) in [5.41, 5.74) is 0. The maximum absolute atomic E-state index is 3.91. The van der Waals surface area contributed by atoms with Gasteiger partial charge in [0.15, 0.2) is 0 Å². The minimum absolute atomic E-state index is 1.20. The van der Waals surface area contributed by atoms with E-state index in [2.05, 4.69) is 34.1 Å². The third-order valence-corrected chi connectivity index (χ3v) is 3.16. The summed E-state index contributed by atoms with van der Waals surface area (Å²) in [7, 11) is 0. The van der Waals surface area contributed by atoms with Crippen molar-refractivity contribution < 1.29 is 0 Å². The Balaban J connectivity index is 1.95. The molecule has 1 fully saturated rings. The highest BCUT2D eigenvalue weighted by atomic mass is 127. The smallest absolute Gasteiger partial charge is 0.00186 e. The Morgan fingerprint density at radius 2 is 1.85 bits per heavy atom. The second-order valence-electron chi connectivity index (χ2n) is 3.88. The molecule has 13 heavy (non-hydrogen) atoms. The van der Waals surface area contributed by atoms with Gasteiger partial charge in [-0.05, 0) is 77.9 Å². The van der Waals surface area contributed by atoms with Crippen LogP contribution in [0.15, 0.2) is 10.2 Å². The highest BCUT2D eigenvalue weighted by Gasteiger charge is 2.08. The summed E-state index contributed by atoms with van der Waals surface area (Å²) in [5, 5.41) is 0. The molecular formula is C11H20IN. The Morgan fingerprint density at radius 3 is 2.46 bits per heavy atom. The van der Waals surface area contributed by atoms with Gasteiger partial charge in [0, 0.05) is 0 Å². The number of piperidine rings is 1. The molecular weight excluding hydrogens is 273 g/mol. The molecule has 0 unspecified atom stereocenters. The molecule has 1 saturated heterocycles. The first kappa shape index (κ1) is 11.5. The fourth-order valence-electron chi connectivity index (χ4n) is 1.84. The van der Waals surface area contributed by atoms with Gasteiger partial charge >= 0.3 is 0 Å². The van der Waals surface area contributed by atoms with Gasteiger partial charge < -0.3 is 4.90 Å². The number of nitrogens with zero attached hydrogens (tertiary/aromatic N) is 1. The Hall–Kier alpha value is 0.430. The van der Waals surface area contributed by atoms with Gasteiger partial charge in [0.1, 0.15) is 0 Å². The van der Waals surface area contributed by atoms with Crippen molar-refractivity contribution in [1.82, 2.24) is 4.90 Å². The summed E-state index contributed by atoms with van der Waals surface area (Å²) in [6, 6.07) is 0. The fourth-order valence-corrected chi connectivity index (χ4v) is 2.22. The third-order valence-electron chi connectivity index (χ3n) is 2.62. The first-order valence-electron chi connectivity index (χ1n) is 5.34. The fraction of sp³-hybridized carbons (Fsp3) is 0.818. The van der Waals surface area contributed by atoms with Crippen LogP contribution in [0.25, 0.3) is 0 Å². The van der Waals surface area contributed by atoms with Crippen molar-refractivity contribution >= 4 is 22.6 Å². The van der Waals surface area contributed by atoms with Gasteiger partial charge in [-0.15, -0.1) is 0 Å². The highest BCUT2D eigenvalue weighted by molar-refractivity contribution is 14.1. The number of rotatable bonds is 5. The van der Waals surface area contributed by atoms with Gasteiger partial charge in [-0.2, -0.15) is 0 Å². The Bertz CT molecular complexity index is 150. The number of allylic oxidation sites excluding steroid dienone is 1. The van der Waals surface area contributed by atoms with E-state index in [0.29, 0.717) is 0 Å². The largest absolute Gasteiger partial charge is 0.303 e. The second-order valence-corrected chi connectivity index (χ2v) is 5.40.